The van der Waals surface area contributed by atoms with Crippen molar-refractivity contribution in [2.24, 2.45) is 0 Å². The molecule has 1 saturated carbocycles. The fourth-order valence-corrected chi connectivity index (χ4v) is 4.23. The summed E-state index contributed by atoms with van der Waals surface area (Å²) in [6.45, 7) is 0.482. The molecule has 2 heterocycles. The maximum Gasteiger partial charge on any atom is 0.212 e. The van der Waals surface area contributed by atoms with Crippen molar-refractivity contribution in [3.05, 3.63) is 78.0 Å². The molecule has 5 rings (SSSR count). The van der Waals surface area contributed by atoms with Crippen molar-refractivity contribution >= 4 is 10.9 Å². The first-order valence-electron chi connectivity index (χ1n) is 10.6. The van der Waals surface area contributed by atoms with Gasteiger partial charge in [0.15, 0.2) is 0 Å². The van der Waals surface area contributed by atoms with Crippen LogP contribution in [0.3, 0.4) is 0 Å². The Morgan fingerprint density at radius 3 is 2.57 bits per heavy atom. The van der Waals surface area contributed by atoms with Crippen LogP contribution >= 0.6 is 0 Å². The number of aliphatic hydroxyl groups excluding tert-OH is 1. The van der Waals surface area contributed by atoms with E-state index in [1.807, 2.05) is 24.4 Å². The van der Waals surface area contributed by atoms with Gasteiger partial charge in [-0.05, 0) is 49.3 Å². The first kappa shape index (κ1) is 18.8. The Kier molecular flexibility index (Phi) is 5.20. The van der Waals surface area contributed by atoms with Gasteiger partial charge >= 0.3 is 0 Å². The van der Waals surface area contributed by atoms with Crippen LogP contribution in [0.4, 0.5) is 0 Å². The first-order chi connectivity index (χ1) is 14.8. The molecule has 0 atom stereocenters. The van der Waals surface area contributed by atoms with Crippen molar-refractivity contribution in [3.8, 4) is 17.1 Å². The number of rotatable bonds is 5. The second kappa shape index (κ2) is 8.28. The molecule has 30 heavy (non-hydrogen) atoms. The molecule has 4 aromatic rings. The van der Waals surface area contributed by atoms with Gasteiger partial charge < -0.3 is 9.84 Å². The Balaban J connectivity index is 1.26. The van der Waals surface area contributed by atoms with Gasteiger partial charge in [0.25, 0.3) is 0 Å². The number of hydrogen-bond acceptors (Lipinski definition) is 4. The zero-order valence-electron chi connectivity index (χ0n) is 16.8. The number of aliphatic hydroxyl groups is 1. The highest BCUT2D eigenvalue weighted by molar-refractivity contribution is 5.81. The third-order valence-corrected chi connectivity index (χ3v) is 6.00. The molecule has 0 unspecified atom stereocenters. The van der Waals surface area contributed by atoms with Crippen LogP contribution in [0.1, 0.15) is 42.7 Å². The van der Waals surface area contributed by atoms with Crippen LogP contribution in [-0.2, 0) is 6.61 Å². The minimum atomic E-state index is -0.159. The van der Waals surface area contributed by atoms with Gasteiger partial charge in [-0.1, -0.05) is 48.5 Å². The lowest BCUT2D eigenvalue weighted by atomic mass is 9.84. The predicted octanol–water partition coefficient (Wildman–Crippen LogP) is 5.22. The summed E-state index contributed by atoms with van der Waals surface area (Å²) in [6.07, 6.45) is 5.36. The highest BCUT2D eigenvalue weighted by Crippen LogP contribution is 2.36. The highest BCUT2D eigenvalue weighted by atomic mass is 16.5. The van der Waals surface area contributed by atoms with Crippen molar-refractivity contribution in [1.82, 2.24) is 15.2 Å². The normalized spacial score (nSPS) is 19.1. The van der Waals surface area contributed by atoms with E-state index in [4.69, 9.17) is 9.72 Å². The van der Waals surface area contributed by atoms with Crippen LogP contribution < -0.4 is 4.74 Å². The van der Waals surface area contributed by atoms with Crippen LogP contribution in [0.5, 0.6) is 5.88 Å². The topological polar surface area (TPSA) is 71.0 Å². The molecule has 0 spiro atoms. The van der Waals surface area contributed by atoms with E-state index in [2.05, 4.69) is 52.7 Å². The van der Waals surface area contributed by atoms with Crippen molar-refractivity contribution in [1.29, 1.82) is 0 Å². The molecular formula is C25H25N3O2. The maximum atomic E-state index is 9.74. The molecule has 0 bridgehead atoms. The molecule has 0 aliphatic heterocycles. The largest absolute Gasteiger partial charge is 0.473 e. The van der Waals surface area contributed by atoms with Gasteiger partial charge in [-0.25, -0.2) is 10.1 Å². The van der Waals surface area contributed by atoms with Gasteiger partial charge in [0.1, 0.15) is 6.61 Å². The number of aromatic nitrogens is 3. The standard InChI is InChI=1S/C25H25N3O2/c29-21-12-9-18(10-13-21)22-15-26-28-25(22)30-16-17-5-7-20(8-6-17)24-14-11-19-3-1-2-4-23(19)27-24/h1-8,11,14-15,18,21,29H,9-10,12-13,16H2,(H,26,28). The van der Waals surface area contributed by atoms with E-state index in [-0.39, 0.29) is 6.10 Å². The number of hydrogen-bond donors (Lipinski definition) is 2. The number of para-hydroxylation sites is 1. The summed E-state index contributed by atoms with van der Waals surface area (Å²) in [4.78, 5) is 4.77. The van der Waals surface area contributed by atoms with E-state index in [9.17, 15) is 5.11 Å². The fourth-order valence-electron chi connectivity index (χ4n) is 4.23. The molecule has 5 nitrogen and oxygen atoms in total. The van der Waals surface area contributed by atoms with Crippen molar-refractivity contribution in [2.45, 2.75) is 44.3 Å². The van der Waals surface area contributed by atoms with Gasteiger partial charge in [-0.2, -0.15) is 5.10 Å². The Morgan fingerprint density at radius 2 is 1.73 bits per heavy atom. The summed E-state index contributed by atoms with van der Waals surface area (Å²) in [5.41, 5.74) is 5.28. The monoisotopic (exact) mass is 399 g/mol. The number of fused-ring (bicyclic) bond motifs is 1. The third-order valence-electron chi connectivity index (χ3n) is 6.00. The van der Waals surface area contributed by atoms with Crippen LogP contribution in [0.25, 0.3) is 22.2 Å². The molecular weight excluding hydrogens is 374 g/mol. The Labute approximate surface area is 175 Å². The van der Waals surface area contributed by atoms with E-state index >= 15 is 0 Å². The average molecular weight is 399 g/mol. The van der Waals surface area contributed by atoms with Gasteiger partial charge in [-0.15, -0.1) is 0 Å². The Hall–Kier alpha value is -3.18. The minimum absolute atomic E-state index is 0.159. The number of pyridine rings is 1. The summed E-state index contributed by atoms with van der Waals surface area (Å²) < 4.78 is 6.05. The SMILES string of the molecule is OC1CCC(c2cn[nH]c2OCc2ccc(-c3ccc4ccccc4n3)cc2)CC1. The minimum Gasteiger partial charge on any atom is -0.473 e. The number of H-pyrrole nitrogens is 1. The van der Waals surface area contributed by atoms with Crippen molar-refractivity contribution in [3.63, 3.8) is 0 Å². The van der Waals surface area contributed by atoms with Crippen LogP contribution in [0, 0.1) is 0 Å². The van der Waals surface area contributed by atoms with Crippen molar-refractivity contribution < 1.29 is 9.84 Å². The summed E-state index contributed by atoms with van der Waals surface area (Å²) in [5, 5.41) is 18.1. The predicted molar refractivity (Wildman–Crippen MR) is 117 cm³/mol. The molecule has 1 aliphatic rings. The average Bonchev–Trinajstić information content (AvgIpc) is 3.27. The van der Waals surface area contributed by atoms with E-state index < -0.39 is 0 Å². The number of nitrogens with one attached hydrogen (secondary N) is 1. The third kappa shape index (κ3) is 3.94. The van der Waals surface area contributed by atoms with Crippen LogP contribution in [-0.4, -0.2) is 26.4 Å². The number of aromatic amines is 1. The van der Waals surface area contributed by atoms with Gasteiger partial charge in [0.2, 0.25) is 5.88 Å². The Morgan fingerprint density at radius 1 is 0.933 bits per heavy atom. The number of benzene rings is 2. The van der Waals surface area contributed by atoms with Gasteiger partial charge in [0, 0.05) is 16.5 Å². The molecule has 0 amide bonds. The molecule has 0 radical (unpaired) electrons. The van der Waals surface area contributed by atoms with Crippen molar-refractivity contribution in [2.75, 3.05) is 0 Å². The number of ether oxygens (including phenoxy) is 1. The van der Waals surface area contributed by atoms with E-state index in [1.54, 1.807) is 0 Å². The molecule has 2 N–H and O–H groups in total. The zero-order chi connectivity index (χ0) is 20.3. The molecule has 152 valence electrons. The molecule has 2 aromatic carbocycles. The molecule has 5 heteroatoms. The van der Waals surface area contributed by atoms with Crippen LogP contribution in [0.2, 0.25) is 0 Å². The summed E-state index contributed by atoms with van der Waals surface area (Å²) >= 11 is 0. The summed E-state index contributed by atoms with van der Waals surface area (Å²) in [6, 6.07) is 20.7. The zero-order valence-corrected chi connectivity index (χ0v) is 16.8. The maximum absolute atomic E-state index is 9.74. The second-order valence-electron chi connectivity index (χ2n) is 8.03. The van der Waals surface area contributed by atoms with E-state index in [0.29, 0.717) is 12.5 Å². The molecule has 1 fully saturated rings. The van der Waals surface area contributed by atoms with E-state index in [1.165, 1.54) is 0 Å². The summed E-state index contributed by atoms with van der Waals surface area (Å²) in [5.74, 6) is 1.15. The first-order valence-corrected chi connectivity index (χ1v) is 10.6. The van der Waals surface area contributed by atoms with E-state index in [0.717, 1.165) is 64.9 Å². The molecule has 0 saturated heterocycles. The smallest absolute Gasteiger partial charge is 0.212 e. The fraction of sp³-hybridized carbons (Fsp3) is 0.280. The summed E-state index contributed by atoms with van der Waals surface area (Å²) in [7, 11) is 0. The molecule has 2 aromatic heterocycles. The Bertz CT molecular complexity index is 1130. The lowest BCUT2D eigenvalue weighted by Crippen LogP contribution is -2.17. The van der Waals surface area contributed by atoms with Crippen LogP contribution in [0.15, 0.2) is 66.9 Å². The quantitative estimate of drug-likeness (QED) is 0.482. The van der Waals surface area contributed by atoms with Gasteiger partial charge in [-0.3, -0.25) is 0 Å². The lowest BCUT2D eigenvalue weighted by Gasteiger charge is -2.25. The highest BCUT2D eigenvalue weighted by Gasteiger charge is 2.24. The molecule has 1 aliphatic carbocycles. The van der Waals surface area contributed by atoms with Gasteiger partial charge in [0.05, 0.1) is 23.5 Å². The second-order valence-corrected chi connectivity index (χ2v) is 8.03. The number of nitrogens with zero attached hydrogens (tertiary/aromatic N) is 2. The lowest BCUT2D eigenvalue weighted by molar-refractivity contribution is 0.122.